The molecule has 10 heteroatoms. The molecule has 9 nitrogen and oxygen atoms in total. The quantitative estimate of drug-likeness (QED) is 0.766. The Hall–Kier alpha value is -2.23. The summed E-state index contributed by atoms with van der Waals surface area (Å²) >= 11 is 0. The zero-order chi connectivity index (χ0) is 15.5. The molecule has 0 radical (unpaired) electrons. The van der Waals surface area contributed by atoms with Crippen molar-refractivity contribution in [3.05, 3.63) is 18.5 Å². The first-order valence-corrected chi connectivity index (χ1v) is 8.28. The van der Waals surface area contributed by atoms with Crippen LogP contribution in [0, 0.1) is 0 Å². The van der Waals surface area contributed by atoms with Crippen LogP contribution < -0.4 is 10.2 Å². The second-order valence-electron chi connectivity index (χ2n) is 4.51. The molecule has 0 saturated heterocycles. The molecule has 0 aromatic carbocycles. The summed E-state index contributed by atoms with van der Waals surface area (Å²) in [6.07, 6.45) is 4.54. The number of nitrogens with zero attached hydrogens (tertiary/aromatic N) is 6. The van der Waals surface area contributed by atoms with Gasteiger partial charge in [0.25, 0.3) is 5.95 Å². The van der Waals surface area contributed by atoms with Crippen LogP contribution in [-0.4, -0.2) is 65.8 Å². The summed E-state index contributed by atoms with van der Waals surface area (Å²) < 4.78 is 24.0. The molecule has 21 heavy (non-hydrogen) atoms. The Kier molecular flexibility index (Phi) is 4.36. The lowest BCUT2D eigenvalue weighted by Crippen LogP contribution is -2.27. The van der Waals surface area contributed by atoms with Crippen molar-refractivity contribution in [2.24, 2.45) is 0 Å². The van der Waals surface area contributed by atoms with Crippen molar-refractivity contribution in [3.63, 3.8) is 0 Å². The van der Waals surface area contributed by atoms with Gasteiger partial charge in [-0.2, -0.15) is 20.1 Å². The first-order chi connectivity index (χ1) is 9.89. The van der Waals surface area contributed by atoms with Gasteiger partial charge in [0.05, 0.1) is 5.75 Å². The van der Waals surface area contributed by atoms with E-state index in [4.69, 9.17) is 0 Å². The van der Waals surface area contributed by atoms with E-state index in [1.807, 2.05) is 0 Å². The molecule has 114 valence electrons. The van der Waals surface area contributed by atoms with Crippen molar-refractivity contribution >= 4 is 21.7 Å². The Morgan fingerprint density at radius 1 is 1.33 bits per heavy atom. The van der Waals surface area contributed by atoms with Gasteiger partial charge in [-0.25, -0.2) is 13.1 Å². The lowest BCUT2D eigenvalue weighted by molar-refractivity contribution is 0.600. The molecule has 2 aromatic rings. The van der Waals surface area contributed by atoms with Gasteiger partial charge >= 0.3 is 0 Å². The van der Waals surface area contributed by atoms with Crippen LogP contribution in [-0.2, 0) is 9.84 Å². The molecule has 2 aromatic heterocycles. The highest BCUT2D eigenvalue weighted by molar-refractivity contribution is 7.90. The zero-order valence-electron chi connectivity index (χ0n) is 12.1. The van der Waals surface area contributed by atoms with Gasteiger partial charge in [0.2, 0.25) is 11.9 Å². The van der Waals surface area contributed by atoms with Crippen LogP contribution in [0.4, 0.5) is 11.9 Å². The summed E-state index contributed by atoms with van der Waals surface area (Å²) in [6.45, 7) is 0.296. The van der Waals surface area contributed by atoms with E-state index in [0.717, 1.165) is 0 Å². The van der Waals surface area contributed by atoms with Crippen molar-refractivity contribution in [2.45, 2.75) is 0 Å². The fraction of sp³-hybridized carbons (Fsp3) is 0.455. The fourth-order valence-electron chi connectivity index (χ4n) is 1.53. The molecule has 0 saturated carbocycles. The van der Waals surface area contributed by atoms with Crippen LogP contribution in [0.1, 0.15) is 0 Å². The summed E-state index contributed by atoms with van der Waals surface area (Å²) in [7, 11) is 0.384. The number of hydrogen-bond acceptors (Lipinski definition) is 8. The standard InChI is InChI=1S/C11H17N7O2S/c1-12-9-14-10(17(2)7-8-21(3,19)20)16-11(15-9)18-6-4-5-13-18/h4-6H,7-8H2,1-3H3,(H,12,14,15,16). The highest BCUT2D eigenvalue weighted by Gasteiger charge is 2.13. The number of rotatable bonds is 6. The average Bonchev–Trinajstić information content (AvgIpc) is 2.97. The molecule has 0 aliphatic heterocycles. The molecule has 1 N–H and O–H groups in total. The first kappa shape index (κ1) is 15.2. The van der Waals surface area contributed by atoms with E-state index in [-0.39, 0.29) is 5.75 Å². The van der Waals surface area contributed by atoms with Crippen LogP contribution in [0.3, 0.4) is 0 Å². The number of hydrogen-bond donors (Lipinski definition) is 1. The summed E-state index contributed by atoms with van der Waals surface area (Å²) in [6, 6.07) is 1.76. The molecular formula is C11H17N7O2S. The van der Waals surface area contributed by atoms with Gasteiger partial charge in [0, 0.05) is 39.3 Å². The second-order valence-corrected chi connectivity index (χ2v) is 6.77. The van der Waals surface area contributed by atoms with Crippen molar-refractivity contribution < 1.29 is 8.42 Å². The van der Waals surface area contributed by atoms with E-state index in [0.29, 0.717) is 24.4 Å². The Bertz CT molecular complexity index is 699. The monoisotopic (exact) mass is 311 g/mol. The molecule has 0 aliphatic rings. The largest absolute Gasteiger partial charge is 0.357 e. The zero-order valence-corrected chi connectivity index (χ0v) is 12.9. The third kappa shape index (κ3) is 4.12. The molecule has 0 bridgehead atoms. The van der Waals surface area contributed by atoms with Crippen molar-refractivity contribution in [1.29, 1.82) is 0 Å². The van der Waals surface area contributed by atoms with Gasteiger partial charge in [-0.15, -0.1) is 0 Å². The van der Waals surface area contributed by atoms with Gasteiger partial charge in [-0.05, 0) is 6.07 Å². The van der Waals surface area contributed by atoms with Crippen molar-refractivity contribution in [3.8, 4) is 5.95 Å². The molecule has 0 amide bonds. The maximum atomic E-state index is 11.2. The van der Waals surface area contributed by atoms with Crippen LogP contribution in [0.2, 0.25) is 0 Å². The van der Waals surface area contributed by atoms with Gasteiger partial charge < -0.3 is 10.2 Å². The van der Waals surface area contributed by atoms with E-state index in [1.54, 1.807) is 37.5 Å². The van der Waals surface area contributed by atoms with Crippen LogP contribution in [0.25, 0.3) is 5.95 Å². The SMILES string of the molecule is CNc1nc(N(C)CCS(C)(=O)=O)nc(-n2cccn2)n1. The maximum absolute atomic E-state index is 11.2. The fourth-order valence-corrected chi connectivity index (χ4v) is 2.13. The predicted molar refractivity (Wildman–Crippen MR) is 79.5 cm³/mol. The molecule has 0 aliphatic carbocycles. The Labute approximate surface area is 123 Å². The van der Waals surface area contributed by atoms with Crippen molar-refractivity contribution in [1.82, 2.24) is 24.7 Å². The molecule has 2 rings (SSSR count). The minimum Gasteiger partial charge on any atom is -0.357 e. The molecule has 0 unspecified atom stereocenters. The average molecular weight is 311 g/mol. The second kappa shape index (κ2) is 6.04. The summed E-state index contributed by atoms with van der Waals surface area (Å²) in [5, 5.41) is 6.92. The van der Waals surface area contributed by atoms with Crippen molar-refractivity contribution in [2.75, 3.05) is 42.9 Å². The number of aromatic nitrogens is 5. The molecule has 0 fully saturated rings. The minimum atomic E-state index is -3.04. The highest BCUT2D eigenvalue weighted by atomic mass is 32.2. The molecule has 0 atom stereocenters. The van der Waals surface area contributed by atoms with Gasteiger partial charge in [0.15, 0.2) is 0 Å². The summed E-state index contributed by atoms with van der Waals surface area (Å²) in [5.41, 5.74) is 0. The van der Waals surface area contributed by atoms with E-state index in [9.17, 15) is 8.42 Å². The lowest BCUT2D eigenvalue weighted by Gasteiger charge is -2.17. The Balaban J connectivity index is 2.28. The topological polar surface area (TPSA) is 106 Å². The van der Waals surface area contributed by atoms with Gasteiger partial charge in [-0.3, -0.25) is 0 Å². The number of anilines is 2. The minimum absolute atomic E-state index is 0.0289. The van der Waals surface area contributed by atoms with E-state index < -0.39 is 9.84 Å². The number of nitrogens with one attached hydrogen (secondary N) is 1. The normalized spacial score (nSPS) is 11.4. The first-order valence-electron chi connectivity index (χ1n) is 6.22. The maximum Gasteiger partial charge on any atom is 0.257 e. The Morgan fingerprint density at radius 2 is 2.10 bits per heavy atom. The van der Waals surface area contributed by atoms with E-state index in [1.165, 1.54) is 10.9 Å². The lowest BCUT2D eigenvalue weighted by atomic mass is 10.6. The van der Waals surface area contributed by atoms with Gasteiger partial charge in [-0.1, -0.05) is 0 Å². The predicted octanol–water partition coefficient (Wildman–Crippen LogP) is -0.420. The molecule has 2 heterocycles. The van der Waals surface area contributed by atoms with Crippen LogP contribution in [0.15, 0.2) is 18.5 Å². The van der Waals surface area contributed by atoms with E-state index in [2.05, 4.69) is 25.4 Å². The van der Waals surface area contributed by atoms with Crippen LogP contribution in [0.5, 0.6) is 0 Å². The smallest absolute Gasteiger partial charge is 0.257 e. The number of sulfone groups is 1. The molecule has 0 spiro atoms. The Morgan fingerprint density at radius 3 is 2.67 bits per heavy atom. The van der Waals surface area contributed by atoms with E-state index >= 15 is 0 Å². The highest BCUT2D eigenvalue weighted by Crippen LogP contribution is 2.11. The van der Waals surface area contributed by atoms with Gasteiger partial charge in [0.1, 0.15) is 9.84 Å². The van der Waals surface area contributed by atoms with Crippen LogP contribution >= 0.6 is 0 Å². The summed E-state index contributed by atoms with van der Waals surface area (Å²) in [5.74, 6) is 1.15. The summed E-state index contributed by atoms with van der Waals surface area (Å²) in [4.78, 5) is 14.4. The third-order valence-electron chi connectivity index (χ3n) is 2.68. The third-order valence-corrected chi connectivity index (χ3v) is 3.61. The molecular weight excluding hydrogens is 294 g/mol.